The van der Waals surface area contributed by atoms with Crippen molar-refractivity contribution in [3.05, 3.63) is 42.5 Å². The summed E-state index contributed by atoms with van der Waals surface area (Å²) in [5.74, 6) is 0.620. The average Bonchev–Trinajstić information content (AvgIpc) is 3.17. The van der Waals surface area contributed by atoms with Gasteiger partial charge in [-0.15, -0.1) is 0 Å². The highest BCUT2D eigenvalue weighted by Crippen LogP contribution is 2.22. The highest BCUT2D eigenvalue weighted by atomic mass is 32.2. The molecule has 3 rings (SSSR count). The van der Waals surface area contributed by atoms with Gasteiger partial charge in [-0.05, 0) is 30.7 Å². The zero-order chi connectivity index (χ0) is 15.6. The second-order valence-electron chi connectivity index (χ2n) is 5.00. The zero-order valence-electron chi connectivity index (χ0n) is 11.8. The molecular weight excluding hydrogens is 304 g/mol. The second-order valence-corrected chi connectivity index (χ2v) is 6.77. The molecule has 0 atom stereocenters. The minimum atomic E-state index is -3.60. The van der Waals surface area contributed by atoms with Gasteiger partial charge in [0.15, 0.2) is 0 Å². The number of amides is 1. The van der Waals surface area contributed by atoms with Gasteiger partial charge in [0, 0.05) is 31.0 Å². The molecule has 7 nitrogen and oxygen atoms in total. The van der Waals surface area contributed by atoms with E-state index in [0.29, 0.717) is 18.8 Å². The normalized spacial score (nSPS) is 15.5. The van der Waals surface area contributed by atoms with Crippen LogP contribution >= 0.6 is 0 Å². The van der Waals surface area contributed by atoms with Gasteiger partial charge < -0.3 is 9.88 Å². The SMILES string of the molecule is O=C1CCCN1c1ccc(S(=O)(=O)NCc2ncc[nH]2)cc1. The lowest BCUT2D eigenvalue weighted by Crippen LogP contribution is -2.25. The Morgan fingerprint density at radius 1 is 1.27 bits per heavy atom. The summed E-state index contributed by atoms with van der Waals surface area (Å²) in [6, 6.07) is 6.33. The van der Waals surface area contributed by atoms with Crippen LogP contribution in [-0.2, 0) is 21.4 Å². The first-order valence-electron chi connectivity index (χ1n) is 6.94. The summed E-state index contributed by atoms with van der Waals surface area (Å²) in [6.07, 6.45) is 4.57. The molecule has 1 fully saturated rings. The molecule has 1 aromatic carbocycles. The Kier molecular flexibility index (Phi) is 3.95. The van der Waals surface area contributed by atoms with Crippen LogP contribution < -0.4 is 9.62 Å². The van der Waals surface area contributed by atoms with E-state index in [1.165, 1.54) is 12.1 Å². The van der Waals surface area contributed by atoms with Crippen molar-refractivity contribution >= 4 is 21.6 Å². The number of H-pyrrole nitrogens is 1. The number of rotatable bonds is 5. The fourth-order valence-electron chi connectivity index (χ4n) is 2.37. The van der Waals surface area contributed by atoms with Gasteiger partial charge >= 0.3 is 0 Å². The molecular formula is C14H16N4O3S. The number of aromatic amines is 1. The van der Waals surface area contributed by atoms with Crippen molar-refractivity contribution in [1.82, 2.24) is 14.7 Å². The molecule has 0 saturated carbocycles. The zero-order valence-corrected chi connectivity index (χ0v) is 12.6. The van der Waals surface area contributed by atoms with Crippen molar-refractivity contribution in [3.8, 4) is 0 Å². The lowest BCUT2D eigenvalue weighted by Gasteiger charge is -2.16. The Morgan fingerprint density at radius 3 is 2.64 bits per heavy atom. The molecule has 0 radical (unpaired) electrons. The van der Waals surface area contributed by atoms with Gasteiger partial charge in [-0.25, -0.2) is 18.1 Å². The second kappa shape index (κ2) is 5.90. The summed E-state index contributed by atoms with van der Waals surface area (Å²) >= 11 is 0. The number of hydrogen-bond donors (Lipinski definition) is 2. The van der Waals surface area contributed by atoms with Crippen molar-refractivity contribution in [2.24, 2.45) is 0 Å². The van der Waals surface area contributed by atoms with Crippen LogP contribution in [0.3, 0.4) is 0 Å². The molecule has 1 amide bonds. The molecule has 1 aromatic heterocycles. The number of nitrogens with one attached hydrogen (secondary N) is 2. The van der Waals surface area contributed by atoms with Crippen LogP contribution in [0, 0.1) is 0 Å². The topological polar surface area (TPSA) is 95.2 Å². The Labute approximate surface area is 128 Å². The molecule has 2 heterocycles. The van der Waals surface area contributed by atoms with Gasteiger partial charge in [-0.3, -0.25) is 4.79 Å². The van der Waals surface area contributed by atoms with E-state index in [9.17, 15) is 13.2 Å². The molecule has 116 valence electrons. The maximum absolute atomic E-state index is 12.2. The molecule has 0 unspecified atom stereocenters. The van der Waals surface area contributed by atoms with Crippen LogP contribution in [0.2, 0.25) is 0 Å². The van der Waals surface area contributed by atoms with Crippen molar-refractivity contribution < 1.29 is 13.2 Å². The fourth-order valence-corrected chi connectivity index (χ4v) is 3.36. The first-order valence-corrected chi connectivity index (χ1v) is 8.43. The third-order valence-electron chi connectivity index (χ3n) is 3.52. The van der Waals surface area contributed by atoms with E-state index in [-0.39, 0.29) is 17.3 Å². The van der Waals surface area contributed by atoms with Crippen molar-refractivity contribution in [3.63, 3.8) is 0 Å². The number of carbonyl (C=O) groups excluding carboxylic acids is 1. The maximum Gasteiger partial charge on any atom is 0.240 e. The Morgan fingerprint density at radius 2 is 2.05 bits per heavy atom. The molecule has 2 aromatic rings. The molecule has 1 saturated heterocycles. The maximum atomic E-state index is 12.2. The van der Waals surface area contributed by atoms with Crippen molar-refractivity contribution in [2.45, 2.75) is 24.3 Å². The number of nitrogens with zero attached hydrogens (tertiary/aromatic N) is 2. The molecule has 0 bridgehead atoms. The van der Waals surface area contributed by atoms with Gasteiger partial charge in [-0.2, -0.15) is 0 Å². The van der Waals surface area contributed by atoms with Crippen molar-refractivity contribution in [1.29, 1.82) is 0 Å². The Balaban J connectivity index is 1.72. The first-order chi connectivity index (χ1) is 10.6. The molecule has 1 aliphatic rings. The lowest BCUT2D eigenvalue weighted by molar-refractivity contribution is -0.117. The first kappa shape index (κ1) is 14.7. The number of imidazole rings is 1. The number of benzene rings is 1. The van der Waals surface area contributed by atoms with Crippen LogP contribution in [-0.4, -0.2) is 30.8 Å². The largest absolute Gasteiger partial charge is 0.347 e. The summed E-state index contributed by atoms with van der Waals surface area (Å²) in [5.41, 5.74) is 0.729. The highest BCUT2D eigenvalue weighted by Gasteiger charge is 2.22. The van der Waals surface area contributed by atoms with E-state index < -0.39 is 10.0 Å². The third-order valence-corrected chi connectivity index (χ3v) is 4.93. The predicted octanol–water partition coefficient (Wildman–Crippen LogP) is 1.01. The van der Waals surface area contributed by atoms with Gasteiger partial charge in [0.25, 0.3) is 0 Å². The minimum Gasteiger partial charge on any atom is -0.347 e. The lowest BCUT2D eigenvalue weighted by atomic mass is 10.3. The van der Waals surface area contributed by atoms with Crippen LogP contribution in [0.4, 0.5) is 5.69 Å². The Hall–Kier alpha value is -2.19. The third kappa shape index (κ3) is 3.02. The molecule has 22 heavy (non-hydrogen) atoms. The summed E-state index contributed by atoms with van der Waals surface area (Å²) < 4.78 is 26.9. The smallest absolute Gasteiger partial charge is 0.240 e. The van der Waals surface area contributed by atoms with Gasteiger partial charge in [0.05, 0.1) is 11.4 Å². The standard InChI is InChI=1S/C14H16N4O3S/c19-14-2-1-9-18(14)11-3-5-12(6-4-11)22(20,21)17-10-13-15-7-8-16-13/h3-8,17H,1-2,9-10H2,(H,15,16). The monoisotopic (exact) mass is 320 g/mol. The van der Waals surface area contributed by atoms with Gasteiger partial charge in [0.2, 0.25) is 15.9 Å². The van der Waals surface area contributed by atoms with Gasteiger partial charge in [0.1, 0.15) is 5.82 Å². The molecule has 0 aliphatic carbocycles. The number of hydrogen-bond acceptors (Lipinski definition) is 4. The summed E-state index contributed by atoms with van der Waals surface area (Å²) in [6.45, 7) is 0.781. The van der Waals surface area contributed by atoms with Crippen LogP contribution in [0.5, 0.6) is 0 Å². The van der Waals surface area contributed by atoms with E-state index in [0.717, 1.165) is 12.1 Å². The summed E-state index contributed by atoms with van der Waals surface area (Å²) in [7, 11) is -3.60. The molecule has 1 aliphatic heterocycles. The number of sulfonamides is 1. The number of anilines is 1. The molecule has 0 spiro atoms. The van der Waals surface area contributed by atoms with E-state index in [1.807, 2.05) is 0 Å². The van der Waals surface area contributed by atoms with Crippen molar-refractivity contribution in [2.75, 3.05) is 11.4 Å². The predicted molar refractivity (Wildman–Crippen MR) is 80.6 cm³/mol. The summed E-state index contributed by atoms with van der Waals surface area (Å²) in [4.78, 5) is 20.3. The number of aromatic nitrogens is 2. The van der Waals surface area contributed by atoms with E-state index in [2.05, 4.69) is 14.7 Å². The fraction of sp³-hybridized carbons (Fsp3) is 0.286. The van der Waals surface area contributed by atoms with E-state index >= 15 is 0 Å². The van der Waals surface area contributed by atoms with Crippen LogP contribution in [0.25, 0.3) is 0 Å². The molecule has 2 N–H and O–H groups in total. The number of carbonyl (C=O) groups is 1. The summed E-state index contributed by atoms with van der Waals surface area (Å²) in [5, 5.41) is 0. The quantitative estimate of drug-likeness (QED) is 0.859. The van der Waals surface area contributed by atoms with E-state index in [4.69, 9.17) is 0 Å². The molecule has 8 heteroatoms. The Bertz CT molecular complexity index is 754. The highest BCUT2D eigenvalue weighted by molar-refractivity contribution is 7.89. The van der Waals surface area contributed by atoms with E-state index in [1.54, 1.807) is 29.4 Å². The van der Waals surface area contributed by atoms with Crippen LogP contribution in [0.15, 0.2) is 41.6 Å². The van der Waals surface area contributed by atoms with Gasteiger partial charge in [-0.1, -0.05) is 0 Å². The van der Waals surface area contributed by atoms with Crippen LogP contribution in [0.1, 0.15) is 18.7 Å². The minimum absolute atomic E-state index is 0.0755. The average molecular weight is 320 g/mol.